The third kappa shape index (κ3) is 5.81. The molecule has 0 saturated carbocycles. The van der Waals surface area contributed by atoms with E-state index in [1.165, 1.54) is 37.9 Å². The van der Waals surface area contributed by atoms with Crippen molar-refractivity contribution in [1.82, 2.24) is 10.2 Å². The van der Waals surface area contributed by atoms with Crippen LogP contribution < -0.4 is 5.32 Å². The molecular formula is C17H30N2O2. The van der Waals surface area contributed by atoms with Crippen molar-refractivity contribution in [3.63, 3.8) is 0 Å². The minimum Gasteiger partial charge on any atom is -0.462 e. The second kappa shape index (κ2) is 8.57. The fraction of sp³-hybridized carbons (Fsp3) is 0.765. The zero-order valence-corrected chi connectivity index (χ0v) is 13.8. The maximum absolute atomic E-state index is 5.86. The average Bonchev–Trinajstić information content (AvgIpc) is 2.83. The third-order valence-electron chi connectivity index (χ3n) is 3.99. The minimum atomic E-state index is 0.471. The topological polar surface area (TPSA) is 37.6 Å². The van der Waals surface area contributed by atoms with E-state index in [0.717, 1.165) is 31.2 Å². The van der Waals surface area contributed by atoms with E-state index < -0.39 is 0 Å². The SMILES string of the molecule is Cc1cc(COCCN2CCCCC2)oc1CNC(C)C. The standard InChI is InChI=1S/C17H30N2O2/c1-14(2)18-12-17-15(3)11-16(21-17)13-20-10-9-19-7-5-4-6-8-19/h11,14,18H,4-10,12-13H2,1-3H3. The summed E-state index contributed by atoms with van der Waals surface area (Å²) >= 11 is 0. The number of nitrogens with one attached hydrogen (secondary N) is 1. The Kier molecular flexibility index (Phi) is 6.74. The zero-order chi connectivity index (χ0) is 15.1. The molecular weight excluding hydrogens is 264 g/mol. The molecule has 0 aromatic carbocycles. The molecule has 2 heterocycles. The van der Waals surface area contributed by atoms with Gasteiger partial charge in [-0.15, -0.1) is 0 Å². The van der Waals surface area contributed by atoms with E-state index in [-0.39, 0.29) is 0 Å². The van der Waals surface area contributed by atoms with Crippen molar-refractivity contribution in [1.29, 1.82) is 0 Å². The molecule has 0 amide bonds. The van der Waals surface area contributed by atoms with Gasteiger partial charge in [-0.05, 0) is 44.5 Å². The van der Waals surface area contributed by atoms with E-state index in [9.17, 15) is 0 Å². The van der Waals surface area contributed by atoms with Crippen LogP contribution in [0.3, 0.4) is 0 Å². The van der Waals surface area contributed by atoms with Crippen LogP contribution >= 0.6 is 0 Å². The molecule has 0 radical (unpaired) electrons. The molecule has 1 aliphatic rings. The summed E-state index contributed by atoms with van der Waals surface area (Å²) in [5.41, 5.74) is 1.21. The second-order valence-electron chi connectivity index (χ2n) is 6.31. The highest BCUT2D eigenvalue weighted by molar-refractivity contribution is 5.19. The van der Waals surface area contributed by atoms with Crippen molar-refractivity contribution >= 4 is 0 Å². The number of aryl methyl sites for hydroxylation is 1. The summed E-state index contributed by atoms with van der Waals surface area (Å²) < 4.78 is 11.6. The number of piperidine rings is 1. The summed E-state index contributed by atoms with van der Waals surface area (Å²) in [6, 6.07) is 2.57. The molecule has 2 rings (SSSR count). The summed E-state index contributed by atoms with van der Waals surface area (Å²) in [6.45, 7) is 12.0. The Morgan fingerprint density at radius 2 is 2.05 bits per heavy atom. The van der Waals surface area contributed by atoms with Gasteiger partial charge in [-0.1, -0.05) is 20.3 Å². The predicted octanol–water partition coefficient (Wildman–Crippen LogP) is 3.09. The van der Waals surface area contributed by atoms with Crippen molar-refractivity contribution < 1.29 is 9.15 Å². The van der Waals surface area contributed by atoms with E-state index in [4.69, 9.17) is 9.15 Å². The molecule has 21 heavy (non-hydrogen) atoms. The molecule has 4 nitrogen and oxygen atoms in total. The Morgan fingerprint density at radius 3 is 2.76 bits per heavy atom. The van der Waals surface area contributed by atoms with Gasteiger partial charge in [0.05, 0.1) is 13.2 Å². The fourth-order valence-electron chi connectivity index (χ4n) is 2.68. The molecule has 1 N–H and O–H groups in total. The molecule has 0 bridgehead atoms. The Labute approximate surface area is 128 Å². The summed E-state index contributed by atoms with van der Waals surface area (Å²) in [5.74, 6) is 1.96. The molecule has 0 spiro atoms. The first-order valence-electron chi connectivity index (χ1n) is 8.27. The first-order chi connectivity index (χ1) is 10.1. The zero-order valence-electron chi connectivity index (χ0n) is 13.8. The third-order valence-corrected chi connectivity index (χ3v) is 3.99. The highest BCUT2D eigenvalue weighted by Crippen LogP contribution is 2.15. The van der Waals surface area contributed by atoms with E-state index in [0.29, 0.717) is 12.6 Å². The Hall–Kier alpha value is -0.840. The van der Waals surface area contributed by atoms with Gasteiger partial charge in [0.15, 0.2) is 0 Å². The Bertz CT molecular complexity index is 409. The van der Waals surface area contributed by atoms with Crippen LogP contribution in [0.5, 0.6) is 0 Å². The number of nitrogens with zero attached hydrogens (tertiary/aromatic N) is 1. The van der Waals surface area contributed by atoms with Gasteiger partial charge in [-0.3, -0.25) is 0 Å². The Morgan fingerprint density at radius 1 is 1.29 bits per heavy atom. The second-order valence-corrected chi connectivity index (χ2v) is 6.31. The van der Waals surface area contributed by atoms with Gasteiger partial charge < -0.3 is 19.4 Å². The molecule has 1 aromatic heterocycles. The van der Waals surface area contributed by atoms with Crippen LogP contribution in [0.25, 0.3) is 0 Å². The summed E-state index contributed by atoms with van der Waals surface area (Å²) in [7, 11) is 0. The van der Waals surface area contributed by atoms with Gasteiger partial charge >= 0.3 is 0 Å². The van der Waals surface area contributed by atoms with Crippen LogP contribution in [0.2, 0.25) is 0 Å². The summed E-state index contributed by atoms with van der Waals surface area (Å²) in [4.78, 5) is 2.49. The quantitative estimate of drug-likeness (QED) is 0.748. The molecule has 1 aliphatic heterocycles. The van der Waals surface area contributed by atoms with Crippen molar-refractivity contribution in [3.05, 3.63) is 23.2 Å². The number of hydrogen-bond donors (Lipinski definition) is 1. The molecule has 4 heteroatoms. The minimum absolute atomic E-state index is 0.471. The van der Waals surface area contributed by atoms with Crippen LogP contribution in [0.1, 0.15) is 50.2 Å². The first-order valence-corrected chi connectivity index (χ1v) is 8.27. The molecule has 0 atom stereocenters. The first kappa shape index (κ1) is 16.5. The van der Waals surface area contributed by atoms with Gasteiger partial charge in [0.1, 0.15) is 18.1 Å². The van der Waals surface area contributed by atoms with E-state index in [2.05, 4.69) is 37.1 Å². The van der Waals surface area contributed by atoms with E-state index in [1.54, 1.807) is 0 Å². The van der Waals surface area contributed by atoms with Crippen molar-refractivity contribution in [3.8, 4) is 0 Å². The van der Waals surface area contributed by atoms with Gasteiger partial charge in [-0.2, -0.15) is 0 Å². The van der Waals surface area contributed by atoms with Gasteiger partial charge in [0.2, 0.25) is 0 Å². The molecule has 1 aromatic rings. The molecule has 1 fully saturated rings. The fourth-order valence-corrected chi connectivity index (χ4v) is 2.68. The van der Waals surface area contributed by atoms with Crippen LogP contribution in [0.15, 0.2) is 10.5 Å². The molecule has 0 aliphatic carbocycles. The van der Waals surface area contributed by atoms with Gasteiger partial charge in [0.25, 0.3) is 0 Å². The van der Waals surface area contributed by atoms with Crippen LogP contribution in [0, 0.1) is 6.92 Å². The summed E-state index contributed by atoms with van der Waals surface area (Å²) in [5, 5.41) is 3.38. The maximum Gasteiger partial charge on any atom is 0.130 e. The summed E-state index contributed by atoms with van der Waals surface area (Å²) in [6.07, 6.45) is 4.06. The van der Waals surface area contributed by atoms with E-state index >= 15 is 0 Å². The van der Waals surface area contributed by atoms with Crippen molar-refractivity contribution in [2.75, 3.05) is 26.2 Å². The Balaban J connectivity index is 1.67. The highest BCUT2D eigenvalue weighted by Gasteiger charge is 2.10. The molecule has 120 valence electrons. The number of furan rings is 1. The number of rotatable bonds is 8. The van der Waals surface area contributed by atoms with Gasteiger partial charge in [0, 0.05) is 12.6 Å². The molecule has 1 saturated heterocycles. The van der Waals surface area contributed by atoms with Crippen molar-refractivity contribution in [2.24, 2.45) is 0 Å². The monoisotopic (exact) mass is 294 g/mol. The maximum atomic E-state index is 5.86. The number of ether oxygens (including phenoxy) is 1. The number of hydrogen-bond acceptors (Lipinski definition) is 4. The highest BCUT2D eigenvalue weighted by atomic mass is 16.5. The van der Waals surface area contributed by atoms with Crippen LogP contribution in [-0.2, 0) is 17.9 Å². The lowest BCUT2D eigenvalue weighted by atomic mass is 10.1. The van der Waals surface area contributed by atoms with Crippen LogP contribution in [-0.4, -0.2) is 37.2 Å². The average molecular weight is 294 g/mol. The molecule has 0 unspecified atom stereocenters. The van der Waals surface area contributed by atoms with Gasteiger partial charge in [-0.25, -0.2) is 0 Å². The van der Waals surface area contributed by atoms with Crippen molar-refractivity contribution in [2.45, 2.75) is 59.2 Å². The van der Waals surface area contributed by atoms with E-state index in [1.807, 2.05) is 0 Å². The predicted molar refractivity (Wildman–Crippen MR) is 85.4 cm³/mol. The normalized spacial score (nSPS) is 16.8. The lowest BCUT2D eigenvalue weighted by Crippen LogP contribution is -2.32. The van der Waals surface area contributed by atoms with Crippen LogP contribution in [0.4, 0.5) is 0 Å². The number of likely N-dealkylation sites (tertiary alicyclic amines) is 1. The lowest BCUT2D eigenvalue weighted by Gasteiger charge is -2.25. The lowest BCUT2D eigenvalue weighted by molar-refractivity contribution is 0.0758. The largest absolute Gasteiger partial charge is 0.462 e. The smallest absolute Gasteiger partial charge is 0.130 e.